The van der Waals surface area contributed by atoms with Crippen LogP contribution in [0.2, 0.25) is 0 Å². The van der Waals surface area contributed by atoms with E-state index >= 15 is 0 Å². The fraction of sp³-hybridized carbons (Fsp3) is 0.688. The summed E-state index contributed by atoms with van der Waals surface area (Å²) in [5.74, 6) is 0.868. The number of unbranched alkanes of at least 4 members (excludes halogenated alkanes) is 2. The summed E-state index contributed by atoms with van der Waals surface area (Å²) in [5, 5.41) is 11.7. The zero-order valence-electron chi connectivity index (χ0n) is 12.3. The summed E-state index contributed by atoms with van der Waals surface area (Å²) in [4.78, 5) is 14.4. The molecule has 1 unspecified atom stereocenters. The third-order valence-corrected chi connectivity index (χ3v) is 5.34. The fourth-order valence-corrected chi connectivity index (χ4v) is 3.89. The monoisotopic (exact) mass is 295 g/mol. The largest absolute Gasteiger partial charge is 0.396 e. The molecule has 0 radical (unpaired) electrons. The number of aryl methyl sites for hydroxylation is 1. The van der Waals surface area contributed by atoms with Gasteiger partial charge in [-0.1, -0.05) is 13.3 Å². The first-order valence-corrected chi connectivity index (χ1v) is 8.56. The highest BCUT2D eigenvalue weighted by atomic mass is 32.1. The highest BCUT2D eigenvalue weighted by Crippen LogP contribution is 2.33. The van der Waals surface area contributed by atoms with Crippen LogP contribution in [0.25, 0.3) is 0 Å². The van der Waals surface area contributed by atoms with Gasteiger partial charge in [0.2, 0.25) is 0 Å². The molecule has 1 aliphatic carbocycles. The standard InChI is InChI=1S/C16H25NO2S/c1-2-12-6-7-14-13(10-12)11-15(20-14)16(19)17-8-4-3-5-9-18/h11-12,18H,2-10H2,1H3,(H,17,19). The van der Waals surface area contributed by atoms with Crippen LogP contribution in [0.15, 0.2) is 6.07 Å². The Morgan fingerprint density at radius 2 is 2.30 bits per heavy atom. The highest BCUT2D eigenvalue weighted by molar-refractivity contribution is 7.14. The number of hydrogen-bond donors (Lipinski definition) is 2. The molecule has 0 aliphatic heterocycles. The van der Waals surface area contributed by atoms with Crippen LogP contribution in [0.1, 0.15) is 59.1 Å². The van der Waals surface area contributed by atoms with Crippen LogP contribution in [-0.4, -0.2) is 24.2 Å². The summed E-state index contributed by atoms with van der Waals surface area (Å²) < 4.78 is 0. The molecule has 1 aromatic heterocycles. The van der Waals surface area contributed by atoms with Gasteiger partial charge in [0.05, 0.1) is 4.88 Å². The first-order valence-electron chi connectivity index (χ1n) is 7.75. The van der Waals surface area contributed by atoms with Crippen LogP contribution in [0.4, 0.5) is 0 Å². The average Bonchev–Trinajstić information content (AvgIpc) is 2.89. The molecular weight excluding hydrogens is 270 g/mol. The zero-order chi connectivity index (χ0) is 14.4. The molecule has 1 aromatic rings. The summed E-state index contributed by atoms with van der Waals surface area (Å²) in [6.45, 7) is 3.20. The fourth-order valence-electron chi connectivity index (χ4n) is 2.76. The Balaban J connectivity index is 1.84. The molecule has 4 heteroatoms. The van der Waals surface area contributed by atoms with Crippen LogP contribution < -0.4 is 5.32 Å². The number of carbonyl (C=O) groups is 1. The average molecular weight is 295 g/mol. The number of aliphatic hydroxyl groups excluding tert-OH is 1. The summed E-state index contributed by atoms with van der Waals surface area (Å²) >= 11 is 1.67. The maximum Gasteiger partial charge on any atom is 0.261 e. The lowest BCUT2D eigenvalue weighted by atomic mass is 9.87. The summed E-state index contributed by atoms with van der Waals surface area (Å²) in [6, 6.07) is 2.10. The van der Waals surface area contributed by atoms with Crippen molar-refractivity contribution in [3.63, 3.8) is 0 Å². The van der Waals surface area contributed by atoms with Crippen LogP contribution in [-0.2, 0) is 12.8 Å². The van der Waals surface area contributed by atoms with Gasteiger partial charge in [-0.2, -0.15) is 0 Å². The lowest BCUT2D eigenvalue weighted by Gasteiger charge is -2.19. The van der Waals surface area contributed by atoms with E-state index in [4.69, 9.17) is 5.11 Å². The van der Waals surface area contributed by atoms with Crippen LogP contribution in [0, 0.1) is 5.92 Å². The number of rotatable bonds is 7. The Kier molecular flexibility index (Phi) is 6.05. The van der Waals surface area contributed by atoms with E-state index in [-0.39, 0.29) is 12.5 Å². The van der Waals surface area contributed by atoms with E-state index < -0.39 is 0 Å². The molecule has 0 spiro atoms. The van der Waals surface area contributed by atoms with E-state index in [2.05, 4.69) is 18.3 Å². The summed E-state index contributed by atoms with van der Waals surface area (Å²) in [5.41, 5.74) is 1.40. The molecule has 1 atom stereocenters. The second-order valence-corrected chi connectivity index (χ2v) is 6.75. The number of carbonyl (C=O) groups excluding carboxylic acids is 1. The normalized spacial score (nSPS) is 17.8. The first kappa shape index (κ1) is 15.5. The maximum absolute atomic E-state index is 12.1. The minimum Gasteiger partial charge on any atom is -0.396 e. The number of hydrogen-bond acceptors (Lipinski definition) is 3. The molecule has 2 rings (SSSR count). The summed E-state index contributed by atoms with van der Waals surface area (Å²) in [6.07, 6.45) is 7.52. The lowest BCUT2D eigenvalue weighted by molar-refractivity contribution is 0.0957. The Hall–Kier alpha value is -0.870. The van der Waals surface area contributed by atoms with E-state index in [1.54, 1.807) is 11.3 Å². The zero-order valence-corrected chi connectivity index (χ0v) is 13.1. The maximum atomic E-state index is 12.1. The third kappa shape index (κ3) is 4.06. The van der Waals surface area contributed by atoms with Crippen molar-refractivity contribution in [2.24, 2.45) is 5.92 Å². The molecule has 0 aromatic carbocycles. The molecule has 1 amide bonds. The van der Waals surface area contributed by atoms with Gasteiger partial charge in [0.1, 0.15) is 0 Å². The predicted octanol–water partition coefficient (Wildman–Crippen LogP) is 3.16. The minimum absolute atomic E-state index is 0.0708. The van der Waals surface area contributed by atoms with Crippen molar-refractivity contribution in [2.45, 2.75) is 51.9 Å². The molecule has 3 nitrogen and oxygen atoms in total. The molecule has 20 heavy (non-hydrogen) atoms. The van der Waals surface area contributed by atoms with Gasteiger partial charge in [-0.25, -0.2) is 0 Å². The molecule has 112 valence electrons. The highest BCUT2D eigenvalue weighted by Gasteiger charge is 2.21. The van der Waals surface area contributed by atoms with Gasteiger partial charge in [0.15, 0.2) is 0 Å². The van der Waals surface area contributed by atoms with Crippen LogP contribution in [0.5, 0.6) is 0 Å². The SMILES string of the molecule is CCC1CCc2sc(C(=O)NCCCCCO)cc2C1. The van der Waals surface area contributed by atoms with Crippen molar-refractivity contribution in [1.82, 2.24) is 5.32 Å². The van der Waals surface area contributed by atoms with Crippen molar-refractivity contribution in [1.29, 1.82) is 0 Å². The lowest BCUT2D eigenvalue weighted by Crippen LogP contribution is -2.23. The first-order chi connectivity index (χ1) is 9.74. The molecule has 2 N–H and O–H groups in total. The molecule has 1 heterocycles. The third-order valence-electron chi connectivity index (χ3n) is 4.11. The molecular formula is C16H25NO2S. The van der Waals surface area contributed by atoms with Crippen LogP contribution >= 0.6 is 11.3 Å². The van der Waals surface area contributed by atoms with Gasteiger partial charge in [-0.05, 0) is 56.1 Å². The number of amides is 1. The van der Waals surface area contributed by atoms with E-state index in [1.807, 2.05) is 0 Å². The van der Waals surface area contributed by atoms with E-state index in [1.165, 1.54) is 23.3 Å². The number of aliphatic hydroxyl groups is 1. The van der Waals surface area contributed by atoms with Gasteiger partial charge in [0, 0.05) is 18.0 Å². The van der Waals surface area contributed by atoms with Crippen LogP contribution in [0.3, 0.4) is 0 Å². The van der Waals surface area contributed by atoms with E-state index in [0.717, 1.165) is 42.9 Å². The van der Waals surface area contributed by atoms with E-state index in [0.29, 0.717) is 6.54 Å². The van der Waals surface area contributed by atoms with Gasteiger partial charge in [-0.3, -0.25) is 4.79 Å². The Morgan fingerprint density at radius 1 is 1.45 bits per heavy atom. The predicted molar refractivity (Wildman–Crippen MR) is 83.4 cm³/mol. The second kappa shape index (κ2) is 7.79. The van der Waals surface area contributed by atoms with Crippen molar-refractivity contribution < 1.29 is 9.90 Å². The summed E-state index contributed by atoms with van der Waals surface area (Å²) in [7, 11) is 0. The van der Waals surface area contributed by atoms with Crippen molar-refractivity contribution in [2.75, 3.05) is 13.2 Å². The van der Waals surface area contributed by atoms with Crippen molar-refractivity contribution in [3.8, 4) is 0 Å². The van der Waals surface area contributed by atoms with Gasteiger partial charge >= 0.3 is 0 Å². The smallest absolute Gasteiger partial charge is 0.261 e. The number of thiophene rings is 1. The molecule has 0 saturated heterocycles. The number of nitrogens with one attached hydrogen (secondary N) is 1. The Morgan fingerprint density at radius 3 is 3.05 bits per heavy atom. The number of fused-ring (bicyclic) bond motifs is 1. The molecule has 1 aliphatic rings. The van der Waals surface area contributed by atoms with Crippen molar-refractivity contribution in [3.05, 3.63) is 21.4 Å². The van der Waals surface area contributed by atoms with Gasteiger partial charge in [-0.15, -0.1) is 11.3 Å². The molecule has 0 saturated carbocycles. The quantitative estimate of drug-likeness (QED) is 0.759. The van der Waals surface area contributed by atoms with E-state index in [9.17, 15) is 4.79 Å². The Bertz CT molecular complexity index is 442. The minimum atomic E-state index is 0.0708. The Labute approximate surface area is 125 Å². The van der Waals surface area contributed by atoms with Gasteiger partial charge < -0.3 is 10.4 Å². The topological polar surface area (TPSA) is 49.3 Å². The second-order valence-electron chi connectivity index (χ2n) is 5.62. The molecule has 0 bridgehead atoms. The van der Waals surface area contributed by atoms with Gasteiger partial charge in [0.25, 0.3) is 5.91 Å². The molecule has 0 fully saturated rings. The van der Waals surface area contributed by atoms with Crippen molar-refractivity contribution >= 4 is 17.2 Å².